The fourth-order valence-corrected chi connectivity index (χ4v) is 2.87. The molecule has 21 heavy (non-hydrogen) atoms. The minimum absolute atomic E-state index is 0.104. The van der Waals surface area contributed by atoms with E-state index in [0.29, 0.717) is 0 Å². The molecule has 2 atom stereocenters. The van der Waals surface area contributed by atoms with Gasteiger partial charge in [0.25, 0.3) is 0 Å². The molecule has 7 heteroatoms. The summed E-state index contributed by atoms with van der Waals surface area (Å²) in [5.74, 6) is 0.104. The van der Waals surface area contributed by atoms with Crippen LogP contribution in [0.3, 0.4) is 0 Å². The van der Waals surface area contributed by atoms with Crippen LogP contribution in [0.4, 0.5) is 0 Å². The maximum atomic E-state index is 12.7. The minimum atomic E-state index is -0.313. The second kappa shape index (κ2) is 5.67. The number of aryl methyl sites for hydroxylation is 1. The van der Waals surface area contributed by atoms with Crippen LogP contribution in [0, 0.1) is 6.92 Å². The van der Waals surface area contributed by atoms with Crippen LogP contribution in [0.2, 0.25) is 0 Å². The number of likely N-dealkylation sites (tertiary alicyclic amines) is 1. The van der Waals surface area contributed by atoms with E-state index in [1.807, 2.05) is 35.8 Å². The van der Waals surface area contributed by atoms with Crippen LogP contribution in [0.1, 0.15) is 31.4 Å². The molecule has 0 saturated carbocycles. The molecule has 0 bridgehead atoms. The Hall–Kier alpha value is -2.18. The van der Waals surface area contributed by atoms with Crippen LogP contribution < -0.4 is 0 Å². The number of rotatable bonds is 4. The zero-order chi connectivity index (χ0) is 14.8. The molecule has 0 radical (unpaired) electrons. The van der Waals surface area contributed by atoms with E-state index in [1.165, 1.54) is 6.33 Å². The Morgan fingerprint density at radius 1 is 1.48 bits per heavy atom. The molecule has 0 aliphatic carbocycles. The van der Waals surface area contributed by atoms with Gasteiger partial charge in [-0.3, -0.25) is 9.48 Å². The van der Waals surface area contributed by atoms with E-state index >= 15 is 0 Å². The van der Waals surface area contributed by atoms with Crippen molar-refractivity contribution in [3.8, 4) is 0 Å². The largest absolute Gasteiger partial charge is 0.336 e. The maximum Gasteiger partial charge on any atom is 0.247 e. The van der Waals surface area contributed by atoms with Gasteiger partial charge < -0.3 is 4.90 Å². The SMILES string of the molecule is Cc1cnn(CC2CCCN2C(=O)C(C)n2cncn2)c1. The van der Waals surface area contributed by atoms with Crippen molar-refractivity contribution in [1.29, 1.82) is 0 Å². The molecule has 2 aromatic rings. The molecule has 7 nitrogen and oxygen atoms in total. The smallest absolute Gasteiger partial charge is 0.247 e. The third-order valence-electron chi connectivity index (χ3n) is 4.01. The van der Waals surface area contributed by atoms with Crippen molar-refractivity contribution >= 4 is 5.91 Å². The molecule has 112 valence electrons. The Balaban J connectivity index is 1.70. The van der Waals surface area contributed by atoms with Crippen molar-refractivity contribution in [2.45, 2.75) is 45.3 Å². The molecular formula is C14H20N6O. The van der Waals surface area contributed by atoms with Gasteiger partial charge in [-0.1, -0.05) is 0 Å². The Bertz CT molecular complexity index is 605. The Morgan fingerprint density at radius 3 is 3.00 bits per heavy atom. The van der Waals surface area contributed by atoms with Gasteiger partial charge in [-0.15, -0.1) is 0 Å². The lowest BCUT2D eigenvalue weighted by molar-refractivity contribution is -0.135. The first-order valence-corrected chi connectivity index (χ1v) is 7.29. The van der Waals surface area contributed by atoms with E-state index in [4.69, 9.17) is 0 Å². The number of aromatic nitrogens is 5. The highest BCUT2D eigenvalue weighted by Crippen LogP contribution is 2.22. The average molecular weight is 288 g/mol. The topological polar surface area (TPSA) is 68.8 Å². The van der Waals surface area contributed by atoms with Crippen molar-refractivity contribution in [2.24, 2.45) is 0 Å². The quantitative estimate of drug-likeness (QED) is 0.843. The van der Waals surface area contributed by atoms with Gasteiger partial charge in [0, 0.05) is 12.7 Å². The van der Waals surface area contributed by atoms with Gasteiger partial charge in [-0.25, -0.2) is 9.67 Å². The second-order valence-corrected chi connectivity index (χ2v) is 5.62. The lowest BCUT2D eigenvalue weighted by Crippen LogP contribution is -2.41. The van der Waals surface area contributed by atoms with Gasteiger partial charge in [0.2, 0.25) is 5.91 Å². The summed E-state index contributed by atoms with van der Waals surface area (Å²) in [6.45, 7) is 5.45. The van der Waals surface area contributed by atoms with Crippen LogP contribution in [0.25, 0.3) is 0 Å². The van der Waals surface area contributed by atoms with E-state index in [-0.39, 0.29) is 18.0 Å². The first-order chi connectivity index (χ1) is 10.1. The number of carbonyl (C=O) groups excluding carboxylic acids is 1. The van der Waals surface area contributed by atoms with E-state index < -0.39 is 0 Å². The molecule has 2 unspecified atom stereocenters. The van der Waals surface area contributed by atoms with Crippen molar-refractivity contribution in [3.63, 3.8) is 0 Å². The van der Waals surface area contributed by atoms with Crippen LogP contribution in [-0.2, 0) is 11.3 Å². The summed E-state index contributed by atoms with van der Waals surface area (Å²) in [5.41, 5.74) is 1.14. The number of carbonyl (C=O) groups is 1. The van der Waals surface area contributed by atoms with E-state index in [2.05, 4.69) is 15.2 Å². The monoisotopic (exact) mass is 288 g/mol. The van der Waals surface area contributed by atoms with Crippen molar-refractivity contribution in [2.75, 3.05) is 6.54 Å². The Kier molecular flexibility index (Phi) is 3.72. The van der Waals surface area contributed by atoms with Gasteiger partial charge in [-0.2, -0.15) is 10.2 Å². The predicted molar refractivity (Wildman–Crippen MR) is 76.4 cm³/mol. The molecule has 1 fully saturated rings. The van der Waals surface area contributed by atoms with E-state index in [1.54, 1.807) is 11.0 Å². The number of hydrogen-bond donors (Lipinski definition) is 0. The summed E-state index contributed by atoms with van der Waals surface area (Å²) in [7, 11) is 0. The van der Waals surface area contributed by atoms with Gasteiger partial charge >= 0.3 is 0 Å². The molecule has 3 rings (SSSR count). The molecule has 1 aliphatic rings. The standard InChI is InChI=1S/C14H20N6O/c1-11-6-16-18(7-11)8-13-4-3-5-19(13)14(21)12(2)20-10-15-9-17-20/h6-7,9-10,12-13H,3-5,8H2,1-2H3. The van der Waals surface area contributed by atoms with E-state index in [9.17, 15) is 4.79 Å². The summed E-state index contributed by atoms with van der Waals surface area (Å²) in [6.07, 6.45) is 8.97. The average Bonchev–Trinajstić information content (AvgIpc) is 3.19. The van der Waals surface area contributed by atoms with Crippen LogP contribution in [0.5, 0.6) is 0 Å². The number of amides is 1. The van der Waals surface area contributed by atoms with Crippen molar-refractivity contribution in [1.82, 2.24) is 29.4 Å². The van der Waals surface area contributed by atoms with Gasteiger partial charge in [0.15, 0.2) is 0 Å². The zero-order valence-electron chi connectivity index (χ0n) is 12.4. The fourth-order valence-electron chi connectivity index (χ4n) is 2.87. The van der Waals surface area contributed by atoms with Crippen LogP contribution in [0.15, 0.2) is 25.0 Å². The normalized spacial score (nSPS) is 19.9. The lowest BCUT2D eigenvalue weighted by Gasteiger charge is -2.27. The molecule has 0 aromatic carbocycles. The molecule has 1 saturated heterocycles. The highest BCUT2D eigenvalue weighted by Gasteiger charge is 2.32. The van der Waals surface area contributed by atoms with Crippen LogP contribution >= 0.6 is 0 Å². The lowest BCUT2D eigenvalue weighted by atomic mass is 10.2. The molecule has 3 heterocycles. The second-order valence-electron chi connectivity index (χ2n) is 5.62. The van der Waals surface area contributed by atoms with Crippen molar-refractivity contribution < 1.29 is 4.79 Å². The highest BCUT2D eigenvalue weighted by molar-refractivity contribution is 5.80. The Morgan fingerprint density at radius 2 is 2.33 bits per heavy atom. The van der Waals surface area contributed by atoms with Gasteiger partial charge in [-0.05, 0) is 32.3 Å². The first-order valence-electron chi connectivity index (χ1n) is 7.29. The number of hydrogen-bond acceptors (Lipinski definition) is 4. The predicted octanol–water partition coefficient (Wildman–Crippen LogP) is 1.04. The summed E-state index contributed by atoms with van der Waals surface area (Å²) in [5, 5.41) is 8.38. The Labute approximate surface area is 123 Å². The third kappa shape index (κ3) is 2.81. The first kappa shape index (κ1) is 13.8. The molecule has 0 spiro atoms. The summed E-state index contributed by atoms with van der Waals surface area (Å²) < 4.78 is 3.53. The van der Waals surface area contributed by atoms with Crippen molar-refractivity contribution in [3.05, 3.63) is 30.6 Å². The number of nitrogens with zero attached hydrogens (tertiary/aromatic N) is 6. The summed E-state index contributed by atoms with van der Waals surface area (Å²) >= 11 is 0. The van der Waals surface area contributed by atoms with Crippen LogP contribution in [-0.4, -0.2) is 47.9 Å². The highest BCUT2D eigenvalue weighted by atomic mass is 16.2. The molecule has 2 aromatic heterocycles. The minimum Gasteiger partial charge on any atom is -0.336 e. The molecule has 1 amide bonds. The van der Waals surface area contributed by atoms with E-state index in [0.717, 1.165) is 31.5 Å². The summed E-state index contributed by atoms with van der Waals surface area (Å²) in [4.78, 5) is 18.5. The summed E-state index contributed by atoms with van der Waals surface area (Å²) in [6, 6.07) is -0.102. The fraction of sp³-hybridized carbons (Fsp3) is 0.571. The maximum absolute atomic E-state index is 12.7. The molecular weight excluding hydrogens is 268 g/mol. The third-order valence-corrected chi connectivity index (χ3v) is 4.01. The molecule has 0 N–H and O–H groups in total. The molecule has 1 aliphatic heterocycles. The van der Waals surface area contributed by atoms with Gasteiger partial charge in [0.05, 0.1) is 18.8 Å². The zero-order valence-corrected chi connectivity index (χ0v) is 12.4. The van der Waals surface area contributed by atoms with Gasteiger partial charge in [0.1, 0.15) is 18.7 Å².